The molecule has 0 unspecified atom stereocenters. The van der Waals surface area contributed by atoms with Crippen LogP contribution in [0.15, 0.2) is 30.7 Å². The Labute approximate surface area is 151 Å². The van der Waals surface area contributed by atoms with Gasteiger partial charge in [-0.2, -0.15) is 5.10 Å². The fourth-order valence-electron chi connectivity index (χ4n) is 3.15. The van der Waals surface area contributed by atoms with Crippen LogP contribution < -0.4 is 5.32 Å². The van der Waals surface area contributed by atoms with Gasteiger partial charge in [-0.1, -0.05) is 12.1 Å². The first kappa shape index (κ1) is 16.4. The smallest absolute Gasteiger partial charge is 0.163 e. The third-order valence-corrected chi connectivity index (χ3v) is 4.98. The summed E-state index contributed by atoms with van der Waals surface area (Å²) in [5.41, 5.74) is 4.73. The Morgan fingerprint density at radius 3 is 2.88 bits per heavy atom. The van der Waals surface area contributed by atoms with Gasteiger partial charge in [0.2, 0.25) is 0 Å². The van der Waals surface area contributed by atoms with Gasteiger partial charge >= 0.3 is 0 Å². The molecule has 2 aromatic heterocycles. The molecule has 0 radical (unpaired) electrons. The average molecular weight is 348 g/mol. The number of ketones is 1. The number of aromatic nitrogens is 3. The number of hydrogen-bond donors (Lipinski definition) is 1. The molecule has 2 heterocycles. The van der Waals surface area contributed by atoms with Gasteiger partial charge in [0.1, 0.15) is 11.8 Å². The SMILES string of the molecule is Cc1ccc(C(=O)CC2CC2)cc1Nc1ncnn2cc(C=O)c(C)c12. The molecular weight excluding hydrogens is 328 g/mol. The van der Waals surface area contributed by atoms with Crippen molar-refractivity contribution in [2.24, 2.45) is 5.92 Å². The van der Waals surface area contributed by atoms with E-state index in [2.05, 4.69) is 15.4 Å². The number of aldehydes is 1. The Hall–Kier alpha value is -3.02. The molecule has 132 valence electrons. The monoisotopic (exact) mass is 348 g/mol. The van der Waals surface area contributed by atoms with Crippen LogP contribution in [0, 0.1) is 19.8 Å². The second-order valence-electron chi connectivity index (χ2n) is 6.95. The third-order valence-electron chi connectivity index (χ3n) is 4.98. The van der Waals surface area contributed by atoms with E-state index in [0.29, 0.717) is 23.7 Å². The van der Waals surface area contributed by atoms with E-state index < -0.39 is 0 Å². The van der Waals surface area contributed by atoms with Crippen LogP contribution in [0.4, 0.5) is 11.5 Å². The van der Waals surface area contributed by atoms with Crippen molar-refractivity contribution in [2.75, 3.05) is 5.32 Å². The lowest BCUT2D eigenvalue weighted by molar-refractivity contribution is 0.0975. The topological polar surface area (TPSA) is 76.4 Å². The van der Waals surface area contributed by atoms with Gasteiger partial charge in [0.15, 0.2) is 17.9 Å². The normalized spacial score (nSPS) is 13.8. The van der Waals surface area contributed by atoms with Gasteiger partial charge in [-0.15, -0.1) is 0 Å². The molecule has 1 aliphatic carbocycles. The summed E-state index contributed by atoms with van der Waals surface area (Å²) in [5.74, 6) is 1.36. The summed E-state index contributed by atoms with van der Waals surface area (Å²) >= 11 is 0. The minimum Gasteiger partial charge on any atom is -0.338 e. The molecule has 0 atom stereocenters. The van der Waals surface area contributed by atoms with Crippen molar-refractivity contribution >= 4 is 29.1 Å². The average Bonchev–Trinajstić information content (AvgIpc) is 3.38. The van der Waals surface area contributed by atoms with Gasteiger partial charge in [0.25, 0.3) is 0 Å². The fraction of sp³-hybridized carbons (Fsp3) is 0.300. The van der Waals surface area contributed by atoms with Crippen molar-refractivity contribution < 1.29 is 9.59 Å². The van der Waals surface area contributed by atoms with Crippen molar-refractivity contribution in [3.63, 3.8) is 0 Å². The van der Waals surface area contributed by atoms with Crippen molar-refractivity contribution in [3.8, 4) is 0 Å². The van der Waals surface area contributed by atoms with Crippen LogP contribution in [0.25, 0.3) is 5.52 Å². The molecule has 26 heavy (non-hydrogen) atoms. The van der Waals surface area contributed by atoms with Crippen LogP contribution in [0.1, 0.15) is 51.1 Å². The van der Waals surface area contributed by atoms with E-state index >= 15 is 0 Å². The molecular formula is C20H20N4O2. The van der Waals surface area contributed by atoms with Crippen LogP contribution >= 0.6 is 0 Å². The van der Waals surface area contributed by atoms with E-state index in [1.54, 1.807) is 10.7 Å². The highest BCUT2D eigenvalue weighted by Crippen LogP contribution is 2.34. The number of rotatable bonds is 6. The number of nitrogens with one attached hydrogen (secondary N) is 1. The summed E-state index contributed by atoms with van der Waals surface area (Å²) in [6.45, 7) is 3.85. The van der Waals surface area contributed by atoms with Gasteiger partial charge in [0.05, 0.1) is 0 Å². The lowest BCUT2D eigenvalue weighted by Gasteiger charge is -2.12. The number of hydrogen-bond acceptors (Lipinski definition) is 5. The standard InChI is InChI=1S/C20H20N4O2/c1-12-3-6-15(18(26)7-14-4-5-14)8-17(12)23-20-19-13(2)16(10-25)9-24(19)22-11-21-20/h3,6,8-11,14H,4-5,7H2,1-2H3,(H,21,22,23). The number of Topliss-reactive ketones (excluding diaryl/α,β-unsaturated/α-hetero) is 1. The predicted octanol–water partition coefficient (Wildman–Crippen LogP) is 3.89. The zero-order valence-corrected chi connectivity index (χ0v) is 14.8. The number of benzene rings is 1. The van der Waals surface area contributed by atoms with Gasteiger partial charge in [-0.25, -0.2) is 9.50 Å². The lowest BCUT2D eigenvalue weighted by Crippen LogP contribution is -2.04. The van der Waals surface area contributed by atoms with Crippen molar-refractivity contribution in [3.05, 3.63) is 53.0 Å². The Kier molecular flexibility index (Phi) is 4.03. The first-order chi connectivity index (χ1) is 12.6. The summed E-state index contributed by atoms with van der Waals surface area (Å²) in [7, 11) is 0. The van der Waals surface area contributed by atoms with Gasteiger partial charge < -0.3 is 5.32 Å². The van der Waals surface area contributed by atoms with Crippen molar-refractivity contribution in [2.45, 2.75) is 33.1 Å². The molecule has 1 aromatic carbocycles. The number of carbonyl (C=O) groups excluding carboxylic acids is 2. The number of carbonyl (C=O) groups is 2. The Morgan fingerprint density at radius 1 is 1.35 bits per heavy atom. The zero-order valence-electron chi connectivity index (χ0n) is 14.8. The predicted molar refractivity (Wildman–Crippen MR) is 99.2 cm³/mol. The first-order valence-corrected chi connectivity index (χ1v) is 8.76. The molecule has 6 nitrogen and oxygen atoms in total. The molecule has 1 saturated carbocycles. The van der Waals surface area contributed by atoms with E-state index in [1.165, 1.54) is 6.33 Å². The van der Waals surface area contributed by atoms with E-state index in [4.69, 9.17) is 0 Å². The van der Waals surface area contributed by atoms with Crippen LogP contribution in [0.5, 0.6) is 0 Å². The number of fused-ring (bicyclic) bond motifs is 1. The summed E-state index contributed by atoms with van der Waals surface area (Å²) in [6, 6.07) is 5.72. The molecule has 0 spiro atoms. The maximum atomic E-state index is 12.4. The lowest BCUT2D eigenvalue weighted by atomic mass is 10.0. The maximum absolute atomic E-state index is 12.4. The van der Waals surface area contributed by atoms with Crippen LogP contribution in [-0.2, 0) is 0 Å². The second-order valence-corrected chi connectivity index (χ2v) is 6.95. The van der Waals surface area contributed by atoms with Crippen molar-refractivity contribution in [1.82, 2.24) is 14.6 Å². The van der Waals surface area contributed by atoms with Crippen LogP contribution in [0.3, 0.4) is 0 Å². The van der Waals surface area contributed by atoms with Gasteiger partial charge in [-0.3, -0.25) is 9.59 Å². The van der Waals surface area contributed by atoms with Crippen molar-refractivity contribution in [1.29, 1.82) is 0 Å². The molecule has 0 aliphatic heterocycles. The minimum absolute atomic E-state index is 0.186. The van der Waals surface area contributed by atoms with Gasteiger partial charge in [-0.05, 0) is 49.8 Å². The summed E-state index contributed by atoms with van der Waals surface area (Å²) < 4.78 is 1.64. The second kappa shape index (κ2) is 6.37. The summed E-state index contributed by atoms with van der Waals surface area (Å²) in [5, 5.41) is 7.49. The zero-order chi connectivity index (χ0) is 18.3. The molecule has 3 aromatic rings. The quantitative estimate of drug-likeness (QED) is 0.540. The fourth-order valence-corrected chi connectivity index (χ4v) is 3.15. The summed E-state index contributed by atoms with van der Waals surface area (Å²) in [6.07, 6.45) is 6.90. The van der Waals surface area contributed by atoms with E-state index in [9.17, 15) is 9.59 Å². The third kappa shape index (κ3) is 2.98. The molecule has 1 fully saturated rings. The van der Waals surface area contributed by atoms with E-state index in [-0.39, 0.29) is 5.78 Å². The molecule has 1 aliphatic rings. The van der Waals surface area contributed by atoms with E-state index in [0.717, 1.165) is 47.0 Å². The Bertz CT molecular complexity index is 1020. The minimum atomic E-state index is 0.186. The van der Waals surface area contributed by atoms with Gasteiger partial charge in [0, 0.05) is 29.4 Å². The van der Waals surface area contributed by atoms with Crippen LogP contribution in [-0.4, -0.2) is 26.7 Å². The maximum Gasteiger partial charge on any atom is 0.163 e. The largest absolute Gasteiger partial charge is 0.338 e. The molecule has 6 heteroatoms. The Balaban J connectivity index is 1.70. The number of aryl methyl sites for hydroxylation is 2. The summed E-state index contributed by atoms with van der Waals surface area (Å²) in [4.78, 5) is 28.0. The van der Waals surface area contributed by atoms with Crippen LogP contribution in [0.2, 0.25) is 0 Å². The molecule has 4 rings (SSSR count). The molecule has 0 amide bonds. The highest BCUT2D eigenvalue weighted by molar-refractivity contribution is 5.98. The highest BCUT2D eigenvalue weighted by atomic mass is 16.1. The van der Waals surface area contributed by atoms with E-state index in [1.807, 2.05) is 32.0 Å². The highest BCUT2D eigenvalue weighted by Gasteiger charge is 2.25. The number of anilines is 2. The molecule has 0 bridgehead atoms. The number of nitrogens with zero attached hydrogens (tertiary/aromatic N) is 3. The first-order valence-electron chi connectivity index (χ1n) is 8.76. The Morgan fingerprint density at radius 2 is 2.15 bits per heavy atom. The molecule has 1 N–H and O–H groups in total. The molecule has 0 saturated heterocycles.